The molecule has 2 aliphatic rings. The summed E-state index contributed by atoms with van der Waals surface area (Å²) >= 11 is 0. The van der Waals surface area contributed by atoms with Gasteiger partial charge in [-0.2, -0.15) is 0 Å². The Morgan fingerprint density at radius 3 is 2.68 bits per heavy atom. The molecule has 2 saturated carbocycles. The maximum atomic E-state index is 11.2. The van der Waals surface area contributed by atoms with Gasteiger partial charge in [-0.15, -0.1) is 0 Å². The number of hydrogen-bond acceptors (Lipinski definition) is 7. The Morgan fingerprint density at radius 1 is 1.05 bits per heavy atom. The molecule has 2 aliphatic carbocycles. The Bertz CT molecular complexity index is 1410. The number of rotatable bonds is 6. The Hall–Kier alpha value is -3.23. The summed E-state index contributed by atoms with van der Waals surface area (Å²) in [7, 11) is 1.87. The molecule has 3 aromatic heterocycles. The van der Waals surface area contributed by atoms with Gasteiger partial charge in [-0.3, -0.25) is 0 Å². The molecule has 0 saturated heterocycles. The first-order chi connectivity index (χ1) is 18.0. The molecule has 3 heterocycles. The lowest BCUT2D eigenvalue weighted by atomic mass is 9.84. The van der Waals surface area contributed by atoms with E-state index in [4.69, 9.17) is 5.73 Å². The van der Waals surface area contributed by atoms with Crippen LogP contribution in [0.3, 0.4) is 0 Å². The van der Waals surface area contributed by atoms with E-state index in [0.29, 0.717) is 18.2 Å². The average molecular weight is 501 g/mol. The van der Waals surface area contributed by atoms with Crippen molar-refractivity contribution in [1.29, 1.82) is 0 Å². The molecule has 8 heteroatoms. The summed E-state index contributed by atoms with van der Waals surface area (Å²) in [5.74, 6) is 1.77. The van der Waals surface area contributed by atoms with Crippen LogP contribution in [0.4, 0.5) is 11.6 Å². The number of aryl methyl sites for hydroxylation is 1. The Balaban J connectivity index is 1.24. The van der Waals surface area contributed by atoms with Crippen LogP contribution in [0, 0.1) is 5.92 Å². The summed E-state index contributed by atoms with van der Waals surface area (Å²) in [4.78, 5) is 13.5. The number of benzene rings is 1. The van der Waals surface area contributed by atoms with Crippen LogP contribution >= 0.6 is 0 Å². The quantitative estimate of drug-likeness (QED) is 0.306. The van der Waals surface area contributed by atoms with Gasteiger partial charge in [0.05, 0.1) is 23.0 Å². The number of nitrogen functional groups attached to an aromatic ring is 1. The van der Waals surface area contributed by atoms with Crippen molar-refractivity contribution >= 4 is 33.6 Å². The van der Waals surface area contributed by atoms with Crippen molar-refractivity contribution in [3.63, 3.8) is 0 Å². The first-order valence-corrected chi connectivity index (χ1v) is 13.6. The molecule has 1 aromatic carbocycles. The first-order valence-electron chi connectivity index (χ1n) is 13.6. The maximum absolute atomic E-state index is 11.2. The molecule has 4 aromatic rings. The zero-order valence-corrected chi connectivity index (χ0v) is 21.3. The van der Waals surface area contributed by atoms with Crippen LogP contribution in [-0.2, 0) is 6.42 Å². The van der Waals surface area contributed by atoms with Crippen LogP contribution in [0.25, 0.3) is 21.9 Å². The van der Waals surface area contributed by atoms with E-state index in [1.54, 1.807) is 0 Å². The molecule has 0 aliphatic heterocycles. The van der Waals surface area contributed by atoms with E-state index in [9.17, 15) is 10.2 Å². The van der Waals surface area contributed by atoms with Gasteiger partial charge < -0.3 is 25.8 Å². The van der Waals surface area contributed by atoms with E-state index >= 15 is 0 Å². The predicted molar refractivity (Wildman–Crippen MR) is 147 cm³/mol. The number of hydrogen-bond donors (Lipinski definition) is 4. The van der Waals surface area contributed by atoms with Crippen LogP contribution in [0.15, 0.2) is 42.9 Å². The highest BCUT2D eigenvalue weighted by atomic mass is 16.3. The van der Waals surface area contributed by atoms with E-state index < -0.39 is 12.2 Å². The third-order valence-corrected chi connectivity index (χ3v) is 8.66. The van der Waals surface area contributed by atoms with Crippen LogP contribution < -0.4 is 11.1 Å². The molecule has 0 unspecified atom stereocenters. The zero-order chi connectivity index (χ0) is 25.5. The lowest BCUT2D eigenvalue weighted by molar-refractivity contribution is 0.00543. The molecule has 4 atom stereocenters. The molecule has 8 nitrogen and oxygen atoms in total. The number of aliphatic hydroxyl groups excluding tert-OH is 2. The number of nitrogens with two attached hydrogens (primary N) is 1. The molecular weight excluding hydrogens is 464 g/mol. The van der Waals surface area contributed by atoms with Gasteiger partial charge in [0.1, 0.15) is 29.7 Å². The molecule has 0 bridgehead atoms. The number of aromatic nitrogens is 4. The topological polar surface area (TPSA) is 122 Å². The number of anilines is 2. The molecule has 37 heavy (non-hydrogen) atoms. The van der Waals surface area contributed by atoms with Crippen molar-refractivity contribution in [3.8, 4) is 0 Å². The van der Waals surface area contributed by atoms with Crippen molar-refractivity contribution in [1.82, 2.24) is 19.5 Å². The van der Waals surface area contributed by atoms with Gasteiger partial charge in [-0.25, -0.2) is 15.0 Å². The van der Waals surface area contributed by atoms with Crippen LogP contribution in [-0.4, -0.2) is 49.0 Å². The highest BCUT2D eigenvalue weighted by Crippen LogP contribution is 2.43. The van der Waals surface area contributed by atoms with E-state index in [2.05, 4.69) is 55.3 Å². The highest BCUT2D eigenvalue weighted by Gasteiger charge is 2.43. The SMILES string of the molecule is CNc1ccc2ccc(CC[C@H]3C[C@@H](n4cc(C5CCCCC5)c5c(N)ncnc54)[C@H](O)[C@@H]3O)cc2n1. The number of fused-ring (bicyclic) bond motifs is 2. The minimum absolute atomic E-state index is 0.0120. The monoisotopic (exact) mass is 500 g/mol. The van der Waals surface area contributed by atoms with Crippen molar-refractivity contribution < 1.29 is 10.2 Å². The first kappa shape index (κ1) is 24.1. The Labute approximate surface area is 217 Å². The normalized spacial score (nSPS) is 24.7. The average Bonchev–Trinajstić information content (AvgIpc) is 3.45. The third-order valence-electron chi connectivity index (χ3n) is 8.66. The molecule has 0 radical (unpaired) electrons. The van der Waals surface area contributed by atoms with Gasteiger partial charge in [0.25, 0.3) is 0 Å². The number of nitrogens with zero attached hydrogens (tertiary/aromatic N) is 4. The fraction of sp³-hybridized carbons (Fsp3) is 0.483. The van der Waals surface area contributed by atoms with Gasteiger partial charge in [0.2, 0.25) is 0 Å². The molecule has 6 rings (SSSR count). The maximum Gasteiger partial charge on any atom is 0.146 e. The summed E-state index contributed by atoms with van der Waals surface area (Å²) in [5.41, 5.74) is 10.5. The van der Waals surface area contributed by atoms with Crippen LogP contribution in [0.1, 0.15) is 68.0 Å². The van der Waals surface area contributed by atoms with Crippen molar-refractivity contribution in [3.05, 3.63) is 54.0 Å². The molecular formula is C29H36N6O2. The Morgan fingerprint density at radius 2 is 1.86 bits per heavy atom. The molecule has 5 N–H and O–H groups in total. The van der Waals surface area contributed by atoms with Gasteiger partial charge >= 0.3 is 0 Å². The summed E-state index contributed by atoms with van der Waals surface area (Å²) in [6, 6.07) is 10.2. The van der Waals surface area contributed by atoms with Gasteiger partial charge in [0, 0.05) is 18.6 Å². The largest absolute Gasteiger partial charge is 0.390 e. The van der Waals surface area contributed by atoms with Crippen molar-refractivity contribution in [2.45, 2.75) is 75.5 Å². The summed E-state index contributed by atoms with van der Waals surface area (Å²) in [6.45, 7) is 0. The van der Waals surface area contributed by atoms with Gasteiger partial charge in [0.15, 0.2) is 0 Å². The molecule has 0 amide bonds. The number of pyridine rings is 1. The lowest BCUT2D eigenvalue weighted by Gasteiger charge is -2.21. The minimum atomic E-state index is -0.854. The summed E-state index contributed by atoms with van der Waals surface area (Å²) in [5, 5.41) is 27.3. The van der Waals surface area contributed by atoms with Gasteiger partial charge in [-0.1, -0.05) is 31.4 Å². The van der Waals surface area contributed by atoms with E-state index in [1.807, 2.05) is 13.1 Å². The van der Waals surface area contributed by atoms with E-state index in [-0.39, 0.29) is 12.0 Å². The second-order valence-corrected chi connectivity index (χ2v) is 10.8. The van der Waals surface area contributed by atoms with Crippen molar-refractivity contribution in [2.24, 2.45) is 5.92 Å². The second-order valence-electron chi connectivity index (χ2n) is 10.8. The van der Waals surface area contributed by atoms with Crippen LogP contribution in [0.2, 0.25) is 0 Å². The number of nitrogens with one attached hydrogen (secondary N) is 1. The Kier molecular flexibility index (Phi) is 6.46. The third kappa shape index (κ3) is 4.42. The van der Waals surface area contributed by atoms with Gasteiger partial charge in [-0.05, 0) is 73.3 Å². The highest BCUT2D eigenvalue weighted by molar-refractivity contribution is 5.90. The fourth-order valence-corrected chi connectivity index (χ4v) is 6.59. The van der Waals surface area contributed by atoms with Crippen LogP contribution in [0.5, 0.6) is 0 Å². The van der Waals surface area contributed by atoms with E-state index in [0.717, 1.165) is 53.4 Å². The zero-order valence-electron chi connectivity index (χ0n) is 21.3. The fourth-order valence-electron chi connectivity index (χ4n) is 6.59. The lowest BCUT2D eigenvalue weighted by Crippen LogP contribution is -2.29. The van der Waals surface area contributed by atoms with Crippen molar-refractivity contribution in [2.75, 3.05) is 18.1 Å². The molecule has 194 valence electrons. The van der Waals surface area contributed by atoms with E-state index in [1.165, 1.54) is 36.7 Å². The second kappa shape index (κ2) is 9.91. The minimum Gasteiger partial charge on any atom is -0.390 e. The molecule has 0 spiro atoms. The summed E-state index contributed by atoms with van der Waals surface area (Å²) < 4.78 is 2.07. The molecule has 2 fully saturated rings. The number of aliphatic hydroxyl groups is 2. The standard InChI is InChI=1S/C29H36N6O2/c1-31-24-12-11-19-9-7-17(13-22(19)34-24)8-10-20-14-23(27(37)26(20)36)35-15-21(18-5-3-2-4-6-18)25-28(30)32-16-33-29(25)35/h7,9,11-13,15-16,18,20,23,26-27,36-37H,2-6,8,10,14H2,1H3,(H,31,34)(H2,30,32,33)/t20-,23+,26+,27-/m0/s1. The predicted octanol–water partition coefficient (Wildman–Crippen LogP) is 4.57. The smallest absolute Gasteiger partial charge is 0.146 e. The summed E-state index contributed by atoms with van der Waals surface area (Å²) in [6.07, 6.45) is 10.3.